The molecule has 0 fully saturated rings. The Balaban J connectivity index is 1.86. The van der Waals surface area contributed by atoms with Crippen molar-refractivity contribution in [1.29, 1.82) is 0 Å². The molecule has 2 aromatic rings. The lowest BCUT2D eigenvalue weighted by Crippen LogP contribution is -2.28. The van der Waals surface area contributed by atoms with Crippen molar-refractivity contribution in [1.82, 2.24) is 0 Å². The molecular formula is C16H17NO3. The van der Waals surface area contributed by atoms with Gasteiger partial charge in [0.1, 0.15) is 17.1 Å². The van der Waals surface area contributed by atoms with Crippen molar-refractivity contribution >= 4 is 11.7 Å². The standard InChI is InChI=1S/C16H17NO3/c1-11-14(16(18)19)9-13(20-11)10-17-8-4-6-12-5-2-3-7-15(12)17/h2-3,5,7,9H,4,6,8,10H2,1H3,(H,18,19). The van der Waals surface area contributed by atoms with E-state index in [1.165, 1.54) is 11.3 Å². The van der Waals surface area contributed by atoms with Crippen LogP contribution in [0.2, 0.25) is 0 Å². The molecule has 20 heavy (non-hydrogen) atoms. The number of furan rings is 1. The van der Waals surface area contributed by atoms with E-state index in [9.17, 15) is 4.79 Å². The Morgan fingerprint density at radius 3 is 2.95 bits per heavy atom. The maximum Gasteiger partial charge on any atom is 0.339 e. The zero-order valence-electron chi connectivity index (χ0n) is 11.4. The quantitative estimate of drug-likeness (QED) is 0.931. The molecule has 0 unspecified atom stereocenters. The van der Waals surface area contributed by atoms with E-state index in [0.29, 0.717) is 18.1 Å². The molecule has 1 aliphatic heterocycles. The Kier molecular flexibility index (Phi) is 3.22. The summed E-state index contributed by atoms with van der Waals surface area (Å²) < 4.78 is 5.57. The molecule has 0 radical (unpaired) electrons. The number of hydrogen-bond donors (Lipinski definition) is 1. The second-order valence-corrected chi connectivity index (χ2v) is 5.14. The average Bonchev–Trinajstić information content (AvgIpc) is 2.80. The number of aromatic carboxylic acids is 1. The summed E-state index contributed by atoms with van der Waals surface area (Å²) in [6, 6.07) is 9.99. The minimum Gasteiger partial charge on any atom is -0.478 e. The normalized spacial score (nSPS) is 14.2. The lowest BCUT2D eigenvalue weighted by Gasteiger charge is -2.30. The summed E-state index contributed by atoms with van der Waals surface area (Å²) >= 11 is 0. The van der Waals surface area contributed by atoms with Gasteiger partial charge in [-0.05, 0) is 37.5 Å². The molecule has 0 amide bonds. The number of carbonyl (C=O) groups is 1. The van der Waals surface area contributed by atoms with Crippen LogP contribution in [0.4, 0.5) is 5.69 Å². The molecular weight excluding hydrogens is 254 g/mol. The molecule has 0 bridgehead atoms. The highest BCUT2D eigenvalue weighted by Gasteiger charge is 2.19. The largest absolute Gasteiger partial charge is 0.478 e. The zero-order chi connectivity index (χ0) is 14.1. The van der Waals surface area contributed by atoms with Gasteiger partial charge in [0, 0.05) is 12.2 Å². The molecule has 3 rings (SSSR count). The maximum atomic E-state index is 11.1. The molecule has 4 nitrogen and oxygen atoms in total. The van der Waals surface area contributed by atoms with Crippen LogP contribution in [0.15, 0.2) is 34.7 Å². The van der Waals surface area contributed by atoms with Crippen LogP contribution in [0.5, 0.6) is 0 Å². The van der Waals surface area contributed by atoms with Crippen molar-refractivity contribution in [3.63, 3.8) is 0 Å². The minimum atomic E-state index is -0.934. The Morgan fingerprint density at radius 1 is 1.40 bits per heavy atom. The molecule has 1 aliphatic rings. The third-order valence-electron chi connectivity index (χ3n) is 3.75. The minimum absolute atomic E-state index is 0.255. The summed E-state index contributed by atoms with van der Waals surface area (Å²) in [5.74, 6) is 0.242. The third-order valence-corrected chi connectivity index (χ3v) is 3.75. The van der Waals surface area contributed by atoms with Crippen LogP contribution >= 0.6 is 0 Å². The summed E-state index contributed by atoms with van der Waals surface area (Å²) in [6.07, 6.45) is 2.22. The first-order valence-corrected chi connectivity index (χ1v) is 6.80. The molecule has 0 saturated heterocycles. The number of hydrogen-bond acceptors (Lipinski definition) is 3. The van der Waals surface area contributed by atoms with Crippen molar-refractivity contribution in [3.8, 4) is 0 Å². The van der Waals surface area contributed by atoms with Gasteiger partial charge in [-0.3, -0.25) is 0 Å². The fourth-order valence-electron chi connectivity index (χ4n) is 2.80. The Hall–Kier alpha value is -2.23. The van der Waals surface area contributed by atoms with E-state index in [0.717, 1.165) is 19.4 Å². The van der Waals surface area contributed by atoms with E-state index in [-0.39, 0.29) is 5.56 Å². The first-order valence-electron chi connectivity index (χ1n) is 6.80. The van der Waals surface area contributed by atoms with Crippen molar-refractivity contribution in [3.05, 3.63) is 53.0 Å². The van der Waals surface area contributed by atoms with Gasteiger partial charge in [-0.25, -0.2) is 4.79 Å². The highest BCUT2D eigenvalue weighted by atomic mass is 16.4. The SMILES string of the molecule is Cc1oc(CN2CCCc3ccccc32)cc1C(=O)O. The van der Waals surface area contributed by atoms with Crippen molar-refractivity contribution < 1.29 is 14.3 Å². The number of benzene rings is 1. The monoisotopic (exact) mass is 271 g/mol. The lowest BCUT2D eigenvalue weighted by atomic mass is 10.0. The van der Waals surface area contributed by atoms with Gasteiger partial charge in [-0.2, -0.15) is 0 Å². The molecule has 0 atom stereocenters. The number of aryl methyl sites for hydroxylation is 2. The highest BCUT2D eigenvalue weighted by molar-refractivity contribution is 5.88. The van der Waals surface area contributed by atoms with Crippen LogP contribution in [0, 0.1) is 6.92 Å². The van der Waals surface area contributed by atoms with Gasteiger partial charge in [0.2, 0.25) is 0 Å². The average molecular weight is 271 g/mol. The van der Waals surface area contributed by atoms with Gasteiger partial charge in [-0.15, -0.1) is 0 Å². The third kappa shape index (κ3) is 2.29. The van der Waals surface area contributed by atoms with Gasteiger partial charge in [0.05, 0.1) is 6.54 Å². The maximum absolute atomic E-state index is 11.1. The predicted octanol–water partition coefficient (Wildman–Crippen LogP) is 3.24. The molecule has 4 heteroatoms. The van der Waals surface area contributed by atoms with Crippen LogP contribution in [0.1, 0.15) is 33.9 Å². The fraction of sp³-hybridized carbons (Fsp3) is 0.312. The molecule has 0 aliphatic carbocycles. The molecule has 1 aromatic heterocycles. The lowest BCUT2D eigenvalue weighted by molar-refractivity contribution is 0.0695. The Morgan fingerprint density at radius 2 is 2.20 bits per heavy atom. The van der Waals surface area contributed by atoms with Gasteiger partial charge in [0.25, 0.3) is 0 Å². The zero-order valence-corrected chi connectivity index (χ0v) is 11.4. The summed E-state index contributed by atoms with van der Waals surface area (Å²) in [4.78, 5) is 13.3. The molecule has 0 spiro atoms. The smallest absolute Gasteiger partial charge is 0.339 e. The molecule has 0 saturated carbocycles. The predicted molar refractivity (Wildman–Crippen MR) is 76.2 cm³/mol. The van der Waals surface area contributed by atoms with Crippen molar-refractivity contribution in [2.45, 2.75) is 26.3 Å². The van der Waals surface area contributed by atoms with Crippen LogP contribution in [-0.4, -0.2) is 17.6 Å². The molecule has 2 heterocycles. The van der Waals surface area contributed by atoms with Crippen LogP contribution in [0.25, 0.3) is 0 Å². The Bertz CT molecular complexity index is 645. The summed E-state index contributed by atoms with van der Waals surface area (Å²) in [6.45, 7) is 3.28. The molecule has 104 valence electrons. The first-order chi connectivity index (χ1) is 9.65. The number of carboxylic acids is 1. The highest BCUT2D eigenvalue weighted by Crippen LogP contribution is 2.28. The number of rotatable bonds is 3. The van der Waals surface area contributed by atoms with Crippen LogP contribution in [-0.2, 0) is 13.0 Å². The molecule has 1 aromatic carbocycles. The summed E-state index contributed by atoms with van der Waals surface area (Å²) in [7, 11) is 0. The first kappa shape index (κ1) is 12.8. The second kappa shape index (κ2) is 5.04. The van der Waals surface area contributed by atoms with E-state index < -0.39 is 5.97 Å². The van der Waals surface area contributed by atoms with Crippen LogP contribution < -0.4 is 4.90 Å². The topological polar surface area (TPSA) is 53.7 Å². The van der Waals surface area contributed by atoms with E-state index in [1.54, 1.807) is 13.0 Å². The van der Waals surface area contributed by atoms with Crippen molar-refractivity contribution in [2.24, 2.45) is 0 Å². The number of para-hydroxylation sites is 1. The summed E-state index contributed by atoms with van der Waals surface area (Å²) in [5, 5.41) is 9.07. The van der Waals surface area contributed by atoms with Gasteiger partial charge in [-0.1, -0.05) is 18.2 Å². The van der Waals surface area contributed by atoms with Gasteiger partial charge < -0.3 is 14.4 Å². The van der Waals surface area contributed by atoms with E-state index >= 15 is 0 Å². The van der Waals surface area contributed by atoms with Crippen molar-refractivity contribution in [2.75, 3.05) is 11.4 Å². The van der Waals surface area contributed by atoms with E-state index in [1.807, 2.05) is 6.07 Å². The number of nitrogens with zero attached hydrogens (tertiary/aromatic N) is 1. The van der Waals surface area contributed by atoms with Gasteiger partial charge in [0.15, 0.2) is 0 Å². The number of fused-ring (bicyclic) bond motifs is 1. The molecule has 1 N–H and O–H groups in total. The van der Waals surface area contributed by atoms with E-state index in [4.69, 9.17) is 9.52 Å². The van der Waals surface area contributed by atoms with Crippen LogP contribution in [0.3, 0.4) is 0 Å². The summed E-state index contributed by atoms with van der Waals surface area (Å²) in [5.41, 5.74) is 2.83. The van der Waals surface area contributed by atoms with E-state index in [2.05, 4.69) is 23.1 Å². The Labute approximate surface area is 117 Å². The van der Waals surface area contributed by atoms with Gasteiger partial charge >= 0.3 is 5.97 Å². The number of carboxylic acid groups (broad SMARTS) is 1. The second-order valence-electron chi connectivity index (χ2n) is 5.14. The number of anilines is 1. The fourth-order valence-corrected chi connectivity index (χ4v) is 2.80.